The fourth-order valence-electron chi connectivity index (χ4n) is 2.20. The van der Waals surface area contributed by atoms with Gasteiger partial charge < -0.3 is 4.98 Å². The van der Waals surface area contributed by atoms with Crippen molar-refractivity contribution in [3.8, 4) is 11.4 Å². The lowest BCUT2D eigenvalue weighted by molar-refractivity contribution is 0.653. The highest BCUT2D eigenvalue weighted by Gasteiger charge is 2.14. The number of hydrogen-bond acceptors (Lipinski definition) is 4. The first kappa shape index (κ1) is 12.9. The second-order valence-electron chi connectivity index (χ2n) is 4.66. The molecule has 0 bridgehead atoms. The van der Waals surface area contributed by atoms with Gasteiger partial charge in [0.1, 0.15) is 11.3 Å². The number of H-pyrrole nitrogens is 2. The summed E-state index contributed by atoms with van der Waals surface area (Å²) >= 11 is 1.58. The van der Waals surface area contributed by atoms with E-state index in [0.29, 0.717) is 23.5 Å². The second-order valence-corrected chi connectivity index (χ2v) is 5.41. The van der Waals surface area contributed by atoms with Gasteiger partial charge in [0.05, 0.1) is 0 Å². The average Bonchev–Trinajstić information content (AvgIpc) is 3.00. The van der Waals surface area contributed by atoms with Crippen LogP contribution in [0.25, 0.3) is 22.6 Å². The molecule has 3 heterocycles. The molecule has 0 aromatic carbocycles. The Morgan fingerprint density at radius 3 is 2.75 bits per heavy atom. The van der Waals surface area contributed by atoms with Crippen molar-refractivity contribution in [3.63, 3.8) is 0 Å². The van der Waals surface area contributed by atoms with E-state index in [1.54, 1.807) is 11.3 Å². The molecule has 3 aromatic rings. The van der Waals surface area contributed by atoms with Crippen molar-refractivity contribution in [1.82, 2.24) is 19.5 Å². The van der Waals surface area contributed by atoms with Gasteiger partial charge >= 0.3 is 5.69 Å². The van der Waals surface area contributed by atoms with Gasteiger partial charge in [0, 0.05) is 17.5 Å². The van der Waals surface area contributed by atoms with E-state index < -0.39 is 11.2 Å². The van der Waals surface area contributed by atoms with Crippen molar-refractivity contribution in [2.45, 2.75) is 26.8 Å². The number of imidazole rings is 1. The fraction of sp³-hybridized carbons (Fsp3) is 0.308. The molecule has 0 atom stereocenters. The van der Waals surface area contributed by atoms with Gasteiger partial charge in [-0.25, -0.2) is 9.78 Å². The lowest BCUT2D eigenvalue weighted by Crippen LogP contribution is -2.30. The molecule has 104 valence electrons. The molecule has 0 fully saturated rings. The van der Waals surface area contributed by atoms with E-state index in [2.05, 4.69) is 15.0 Å². The Balaban J connectivity index is 2.33. The predicted molar refractivity (Wildman–Crippen MR) is 79.3 cm³/mol. The number of hydrogen-bond donors (Lipinski definition) is 2. The molecule has 0 spiro atoms. The molecule has 6 nitrogen and oxygen atoms in total. The number of aromatic nitrogens is 4. The monoisotopic (exact) mass is 290 g/mol. The SMILES string of the molecule is CCCn1c(=O)[nH]c(=O)c2[nH]c(-c3cscc3C)nc21. The van der Waals surface area contributed by atoms with Gasteiger partial charge in [0.25, 0.3) is 5.56 Å². The summed E-state index contributed by atoms with van der Waals surface area (Å²) in [5.74, 6) is 0.625. The minimum absolute atomic E-state index is 0.346. The van der Waals surface area contributed by atoms with Crippen LogP contribution in [0.15, 0.2) is 20.3 Å². The van der Waals surface area contributed by atoms with E-state index in [0.717, 1.165) is 17.5 Å². The molecule has 3 rings (SSSR count). The third-order valence-electron chi connectivity index (χ3n) is 3.19. The Labute approximate surface area is 118 Å². The average molecular weight is 290 g/mol. The van der Waals surface area contributed by atoms with Crippen molar-refractivity contribution in [1.29, 1.82) is 0 Å². The third-order valence-corrected chi connectivity index (χ3v) is 4.05. The maximum Gasteiger partial charge on any atom is 0.330 e. The highest BCUT2D eigenvalue weighted by molar-refractivity contribution is 7.08. The van der Waals surface area contributed by atoms with Crippen molar-refractivity contribution in [2.75, 3.05) is 0 Å². The predicted octanol–water partition coefficient (Wildman–Crippen LogP) is 1.86. The number of rotatable bonds is 3. The Morgan fingerprint density at radius 2 is 2.10 bits per heavy atom. The maximum atomic E-state index is 11.9. The van der Waals surface area contributed by atoms with Crippen LogP contribution in [-0.4, -0.2) is 19.5 Å². The number of aryl methyl sites for hydroxylation is 2. The summed E-state index contributed by atoms with van der Waals surface area (Å²) in [5.41, 5.74) is 1.98. The molecule has 0 aliphatic heterocycles. The zero-order chi connectivity index (χ0) is 14.3. The summed E-state index contributed by atoms with van der Waals surface area (Å²) in [6, 6.07) is 0. The van der Waals surface area contributed by atoms with Crippen molar-refractivity contribution in [2.24, 2.45) is 0 Å². The molecule has 0 aliphatic rings. The molecule has 0 unspecified atom stereocenters. The second kappa shape index (κ2) is 4.75. The van der Waals surface area contributed by atoms with E-state index in [4.69, 9.17) is 0 Å². The van der Waals surface area contributed by atoms with E-state index >= 15 is 0 Å². The summed E-state index contributed by atoms with van der Waals surface area (Å²) in [4.78, 5) is 33.5. The molecule has 7 heteroatoms. The molecule has 0 aliphatic carbocycles. The largest absolute Gasteiger partial charge is 0.332 e. The molecule has 20 heavy (non-hydrogen) atoms. The molecule has 0 amide bonds. The van der Waals surface area contributed by atoms with Gasteiger partial charge in [-0.15, -0.1) is 0 Å². The quantitative estimate of drug-likeness (QED) is 0.772. The molecule has 0 radical (unpaired) electrons. The van der Waals surface area contributed by atoms with Crippen LogP contribution >= 0.6 is 11.3 Å². The standard InChI is InChI=1S/C13H14N4O2S/c1-3-4-17-11-9(12(18)16-13(17)19)14-10(15-11)8-6-20-5-7(8)2/h5-6H,3-4H2,1-2H3,(H,14,15)(H,16,18,19). The van der Waals surface area contributed by atoms with Gasteiger partial charge in [-0.1, -0.05) is 6.92 Å². The highest BCUT2D eigenvalue weighted by Crippen LogP contribution is 2.25. The topological polar surface area (TPSA) is 83.5 Å². The number of thiophene rings is 1. The zero-order valence-electron chi connectivity index (χ0n) is 11.2. The Hall–Kier alpha value is -2.15. The van der Waals surface area contributed by atoms with Gasteiger partial charge in [0.15, 0.2) is 5.65 Å². The first-order valence-corrected chi connectivity index (χ1v) is 7.32. The molecular formula is C13H14N4O2S. The Morgan fingerprint density at radius 1 is 1.30 bits per heavy atom. The van der Waals surface area contributed by atoms with Crippen LogP contribution in [0.4, 0.5) is 0 Å². The maximum absolute atomic E-state index is 11.9. The number of fused-ring (bicyclic) bond motifs is 1. The van der Waals surface area contributed by atoms with Crippen LogP contribution < -0.4 is 11.2 Å². The Bertz CT molecular complexity index is 884. The lowest BCUT2D eigenvalue weighted by Gasteiger charge is -2.02. The molecule has 2 N–H and O–H groups in total. The normalized spacial score (nSPS) is 11.3. The van der Waals surface area contributed by atoms with E-state index in [9.17, 15) is 9.59 Å². The lowest BCUT2D eigenvalue weighted by atomic mass is 10.2. The van der Waals surface area contributed by atoms with E-state index in [-0.39, 0.29) is 0 Å². The summed E-state index contributed by atoms with van der Waals surface area (Å²) in [6.45, 7) is 4.49. The van der Waals surface area contributed by atoms with Crippen LogP contribution in [0, 0.1) is 6.92 Å². The van der Waals surface area contributed by atoms with E-state index in [1.165, 1.54) is 4.57 Å². The number of nitrogens with one attached hydrogen (secondary N) is 2. The van der Waals surface area contributed by atoms with Crippen molar-refractivity contribution in [3.05, 3.63) is 37.2 Å². The van der Waals surface area contributed by atoms with Crippen molar-refractivity contribution < 1.29 is 0 Å². The fourth-order valence-corrected chi connectivity index (χ4v) is 3.04. The Kier molecular flexibility index (Phi) is 3.06. The van der Waals surface area contributed by atoms with E-state index in [1.807, 2.05) is 24.6 Å². The summed E-state index contributed by atoms with van der Waals surface area (Å²) in [5, 5.41) is 4.00. The molecule has 0 saturated heterocycles. The number of nitrogens with zero attached hydrogens (tertiary/aromatic N) is 2. The first-order chi connectivity index (χ1) is 9.61. The third kappa shape index (κ3) is 1.90. The van der Waals surface area contributed by atoms with Crippen LogP contribution in [0.1, 0.15) is 18.9 Å². The summed E-state index contributed by atoms with van der Waals surface area (Å²) in [6.07, 6.45) is 0.792. The van der Waals surface area contributed by atoms with Crippen molar-refractivity contribution >= 4 is 22.5 Å². The minimum Gasteiger partial charge on any atom is -0.332 e. The minimum atomic E-state index is -0.427. The van der Waals surface area contributed by atoms with Crippen LogP contribution in [-0.2, 0) is 6.54 Å². The van der Waals surface area contributed by atoms with Gasteiger partial charge in [-0.3, -0.25) is 14.3 Å². The van der Waals surface area contributed by atoms with Gasteiger partial charge in [-0.2, -0.15) is 11.3 Å². The molecule has 0 saturated carbocycles. The molecular weight excluding hydrogens is 276 g/mol. The van der Waals surface area contributed by atoms with Gasteiger partial charge in [0.2, 0.25) is 0 Å². The number of aromatic amines is 2. The zero-order valence-corrected chi connectivity index (χ0v) is 12.0. The highest BCUT2D eigenvalue weighted by atomic mass is 32.1. The van der Waals surface area contributed by atoms with Crippen LogP contribution in [0.3, 0.4) is 0 Å². The summed E-state index contributed by atoms with van der Waals surface area (Å²) in [7, 11) is 0. The first-order valence-electron chi connectivity index (χ1n) is 6.37. The summed E-state index contributed by atoms with van der Waals surface area (Å²) < 4.78 is 1.50. The molecule has 3 aromatic heterocycles. The smallest absolute Gasteiger partial charge is 0.330 e. The van der Waals surface area contributed by atoms with Crippen LogP contribution in [0.2, 0.25) is 0 Å². The van der Waals surface area contributed by atoms with Gasteiger partial charge in [-0.05, 0) is 24.3 Å². The van der Waals surface area contributed by atoms with Crippen LogP contribution in [0.5, 0.6) is 0 Å².